The molecule has 2 aromatic heterocycles. The van der Waals surface area contributed by atoms with Crippen molar-refractivity contribution in [2.75, 3.05) is 5.32 Å². The third-order valence-corrected chi connectivity index (χ3v) is 4.98. The molecule has 0 fully saturated rings. The third kappa shape index (κ3) is 3.98. The number of nitrogens with one attached hydrogen (secondary N) is 1. The highest BCUT2D eigenvalue weighted by atomic mass is 16.1. The van der Waals surface area contributed by atoms with Crippen LogP contribution in [0, 0.1) is 13.8 Å². The van der Waals surface area contributed by atoms with Crippen molar-refractivity contribution in [2.45, 2.75) is 53.0 Å². The molecule has 28 heavy (non-hydrogen) atoms. The second kappa shape index (κ2) is 7.58. The summed E-state index contributed by atoms with van der Waals surface area (Å²) in [6.07, 6.45) is 3.33. The van der Waals surface area contributed by atoms with Crippen LogP contribution in [0.1, 0.15) is 66.9 Å². The summed E-state index contributed by atoms with van der Waals surface area (Å²) < 4.78 is 2.20. The minimum absolute atomic E-state index is 0.124. The molecule has 3 rings (SSSR count). The normalized spacial score (nSPS) is 12.6. The first-order chi connectivity index (χ1) is 13.2. The van der Waals surface area contributed by atoms with Crippen molar-refractivity contribution in [3.8, 4) is 0 Å². The highest BCUT2D eigenvalue weighted by Crippen LogP contribution is 2.26. The average Bonchev–Trinajstić information content (AvgIpc) is 2.96. The molecule has 1 atom stereocenters. The number of anilines is 1. The number of hydrogen-bond acceptors (Lipinski definition) is 3. The number of hydrogen-bond donors (Lipinski definition) is 1. The van der Waals surface area contributed by atoms with Gasteiger partial charge in [-0.2, -0.15) is 0 Å². The Morgan fingerprint density at radius 1 is 1.07 bits per heavy atom. The largest absolute Gasteiger partial charge is 0.341 e. The highest BCUT2D eigenvalue weighted by molar-refractivity contribution is 6.05. The number of amides is 1. The Balaban J connectivity index is 1.83. The Labute approximate surface area is 166 Å². The van der Waals surface area contributed by atoms with Crippen molar-refractivity contribution in [1.82, 2.24) is 14.5 Å². The SMILES string of the molecule is Cc1cc(C(=O)Nc2cnc(C(C)(C)C)nc2)c(C)n1[C@@H](C)c1ccccc1. The van der Waals surface area contributed by atoms with Gasteiger partial charge in [-0.1, -0.05) is 51.1 Å². The molecule has 5 heteroatoms. The second-order valence-corrected chi connectivity index (χ2v) is 8.24. The van der Waals surface area contributed by atoms with Crippen molar-refractivity contribution < 1.29 is 4.79 Å². The van der Waals surface area contributed by atoms with Gasteiger partial charge < -0.3 is 9.88 Å². The van der Waals surface area contributed by atoms with Gasteiger partial charge in [0.1, 0.15) is 5.82 Å². The molecule has 146 valence electrons. The van der Waals surface area contributed by atoms with Crippen molar-refractivity contribution in [1.29, 1.82) is 0 Å². The van der Waals surface area contributed by atoms with E-state index in [2.05, 4.69) is 59.7 Å². The Hall–Kier alpha value is -2.95. The quantitative estimate of drug-likeness (QED) is 0.693. The summed E-state index contributed by atoms with van der Waals surface area (Å²) in [6.45, 7) is 12.3. The highest BCUT2D eigenvalue weighted by Gasteiger charge is 2.21. The van der Waals surface area contributed by atoms with E-state index in [1.165, 1.54) is 5.56 Å². The molecule has 0 radical (unpaired) electrons. The zero-order valence-corrected chi connectivity index (χ0v) is 17.4. The van der Waals surface area contributed by atoms with Crippen LogP contribution in [0.3, 0.4) is 0 Å². The lowest BCUT2D eigenvalue weighted by Gasteiger charge is -2.19. The Morgan fingerprint density at radius 3 is 2.25 bits per heavy atom. The summed E-state index contributed by atoms with van der Waals surface area (Å²) in [6, 6.07) is 12.4. The van der Waals surface area contributed by atoms with Crippen molar-refractivity contribution in [3.63, 3.8) is 0 Å². The maximum atomic E-state index is 12.9. The molecule has 0 saturated heterocycles. The number of carbonyl (C=O) groups is 1. The van der Waals surface area contributed by atoms with E-state index in [0.29, 0.717) is 11.3 Å². The molecule has 1 N–H and O–H groups in total. The molecule has 0 bridgehead atoms. The molecule has 3 aromatic rings. The van der Waals surface area contributed by atoms with Crippen LogP contribution < -0.4 is 5.32 Å². The topological polar surface area (TPSA) is 59.8 Å². The first kappa shape index (κ1) is 19.8. The van der Waals surface area contributed by atoms with Crippen LogP contribution in [0.2, 0.25) is 0 Å². The molecule has 1 amide bonds. The van der Waals surface area contributed by atoms with E-state index in [-0.39, 0.29) is 17.4 Å². The molecule has 1 aromatic carbocycles. The molecule has 0 aliphatic heterocycles. The second-order valence-electron chi connectivity index (χ2n) is 8.24. The fourth-order valence-corrected chi connectivity index (χ4v) is 3.46. The molecule has 0 unspecified atom stereocenters. The predicted octanol–water partition coefficient (Wildman–Crippen LogP) is 5.05. The van der Waals surface area contributed by atoms with Crippen LogP contribution in [0.5, 0.6) is 0 Å². The monoisotopic (exact) mass is 376 g/mol. The number of benzene rings is 1. The first-order valence-corrected chi connectivity index (χ1v) is 9.55. The van der Waals surface area contributed by atoms with Crippen LogP contribution in [-0.2, 0) is 5.41 Å². The summed E-state index contributed by atoms with van der Waals surface area (Å²) in [7, 11) is 0. The van der Waals surface area contributed by atoms with Gasteiger partial charge in [0.25, 0.3) is 5.91 Å². The van der Waals surface area contributed by atoms with Crippen molar-refractivity contribution in [3.05, 3.63) is 77.1 Å². The van der Waals surface area contributed by atoms with Gasteiger partial charge in [0.15, 0.2) is 0 Å². The van der Waals surface area contributed by atoms with Gasteiger partial charge >= 0.3 is 0 Å². The lowest BCUT2D eigenvalue weighted by Crippen LogP contribution is -2.18. The summed E-state index contributed by atoms with van der Waals surface area (Å²) in [5.74, 6) is 0.604. The van der Waals surface area contributed by atoms with Gasteiger partial charge in [0, 0.05) is 16.8 Å². The number of carbonyl (C=O) groups excluding carboxylic acids is 1. The number of rotatable bonds is 4. The zero-order valence-electron chi connectivity index (χ0n) is 17.4. The molecule has 2 heterocycles. The fourth-order valence-electron chi connectivity index (χ4n) is 3.46. The van der Waals surface area contributed by atoms with Crippen LogP contribution in [0.4, 0.5) is 5.69 Å². The molecule has 5 nitrogen and oxygen atoms in total. The smallest absolute Gasteiger partial charge is 0.257 e. The van der Waals surface area contributed by atoms with Gasteiger partial charge in [0.2, 0.25) is 0 Å². The molecule has 0 aliphatic rings. The van der Waals surface area contributed by atoms with Gasteiger partial charge in [-0.3, -0.25) is 4.79 Å². The lowest BCUT2D eigenvalue weighted by molar-refractivity contribution is 0.102. The van der Waals surface area contributed by atoms with Crippen molar-refractivity contribution >= 4 is 11.6 Å². The summed E-state index contributed by atoms with van der Waals surface area (Å²) in [4.78, 5) is 21.6. The van der Waals surface area contributed by atoms with E-state index in [1.807, 2.05) is 38.1 Å². The van der Waals surface area contributed by atoms with Crippen LogP contribution >= 0.6 is 0 Å². The standard InChI is InChI=1S/C23H28N4O/c1-15-12-20(17(3)27(15)16(2)18-10-8-7-9-11-18)21(28)26-19-13-24-22(25-14-19)23(4,5)6/h7-14,16H,1-6H3,(H,26,28)/t16-/m0/s1. The van der Waals surface area contributed by atoms with Gasteiger partial charge in [0.05, 0.1) is 29.7 Å². The van der Waals surface area contributed by atoms with Gasteiger partial charge in [-0.25, -0.2) is 9.97 Å². The fraction of sp³-hybridized carbons (Fsp3) is 0.348. The maximum Gasteiger partial charge on any atom is 0.257 e. The van der Waals surface area contributed by atoms with Crippen molar-refractivity contribution in [2.24, 2.45) is 0 Å². The predicted molar refractivity (Wildman–Crippen MR) is 113 cm³/mol. The maximum absolute atomic E-state index is 12.9. The molecular formula is C23H28N4O. The average molecular weight is 377 g/mol. The number of nitrogens with zero attached hydrogens (tertiary/aromatic N) is 3. The van der Waals surface area contributed by atoms with E-state index in [1.54, 1.807) is 12.4 Å². The molecule has 0 aliphatic carbocycles. The van der Waals surface area contributed by atoms with Crippen LogP contribution in [-0.4, -0.2) is 20.4 Å². The third-order valence-electron chi connectivity index (χ3n) is 4.98. The van der Waals surface area contributed by atoms with Crippen LogP contribution in [0.25, 0.3) is 0 Å². The van der Waals surface area contributed by atoms with E-state index in [0.717, 1.165) is 17.2 Å². The van der Waals surface area contributed by atoms with E-state index in [9.17, 15) is 4.79 Å². The van der Waals surface area contributed by atoms with E-state index >= 15 is 0 Å². The number of aromatic nitrogens is 3. The summed E-state index contributed by atoms with van der Waals surface area (Å²) >= 11 is 0. The van der Waals surface area contributed by atoms with E-state index in [4.69, 9.17) is 0 Å². The Morgan fingerprint density at radius 2 is 1.68 bits per heavy atom. The van der Waals surface area contributed by atoms with Gasteiger partial charge in [-0.15, -0.1) is 0 Å². The molecular weight excluding hydrogens is 348 g/mol. The minimum Gasteiger partial charge on any atom is -0.341 e. The number of aryl methyl sites for hydroxylation is 1. The Kier molecular flexibility index (Phi) is 5.36. The first-order valence-electron chi connectivity index (χ1n) is 9.55. The zero-order chi connectivity index (χ0) is 20.5. The Bertz CT molecular complexity index is 966. The van der Waals surface area contributed by atoms with E-state index < -0.39 is 0 Å². The molecule has 0 saturated carbocycles. The summed E-state index contributed by atoms with van der Waals surface area (Å²) in [5, 5.41) is 2.92. The lowest BCUT2D eigenvalue weighted by atomic mass is 9.96. The van der Waals surface area contributed by atoms with Crippen LogP contribution in [0.15, 0.2) is 48.8 Å². The minimum atomic E-state index is -0.147. The molecule has 0 spiro atoms. The summed E-state index contributed by atoms with van der Waals surface area (Å²) in [5.41, 5.74) is 4.35. The van der Waals surface area contributed by atoms with Gasteiger partial charge in [-0.05, 0) is 32.4 Å².